The van der Waals surface area contributed by atoms with E-state index in [4.69, 9.17) is 0 Å². The molecule has 0 bridgehead atoms. The molecule has 0 atom stereocenters. The van der Waals surface area contributed by atoms with Crippen molar-refractivity contribution in [3.8, 4) is 0 Å². The zero-order valence-corrected chi connectivity index (χ0v) is 22.0. The third kappa shape index (κ3) is 30.8. The first-order valence-corrected chi connectivity index (χ1v) is 12.8. The van der Waals surface area contributed by atoms with E-state index in [0.717, 1.165) is 25.7 Å². The van der Waals surface area contributed by atoms with E-state index in [1.165, 1.54) is 77.0 Å². The molecular formula is C26H46CoO6. The smallest absolute Gasteiger partial charge is 0.542 e. The fourth-order valence-electron chi connectivity index (χ4n) is 3.40. The number of carboxylic acids is 2. The van der Waals surface area contributed by atoms with Crippen LogP contribution in [-0.4, -0.2) is 23.5 Å². The van der Waals surface area contributed by atoms with Crippen LogP contribution in [0.2, 0.25) is 0 Å². The zero-order valence-electron chi connectivity index (χ0n) is 20.9. The Morgan fingerprint density at radius 1 is 0.424 bits per heavy atom. The molecule has 0 aliphatic heterocycles. The Hall–Kier alpha value is -1.21. The first-order valence-electron chi connectivity index (χ1n) is 12.8. The Morgan fingerprint density at radius 3 is 0.848 bits per heavy atom. The molecule has 0 saturated carbocycles. The van der Waals surface area contributed by atoms with E-state index in [9.17, 15) is 29.4 Å². The van der Waals surface area contributed by atoms with E-state index < -0.39 is 23.5 Å². The van der Waals surface area contributed by atoms with Crippen LogP contribution in [0.3, 0.4) is 0 Å². The molecule has 0 spiro atoms. The Bertz CT molecular complexity index is 449. The molecule has 0 saturated heterocycles. The monoisotopic (exact) mass is 513 g/mol. The van der Waals surface area contributed by atoms with E-state index in [1.54, 1.807) is 0 Å². The molecule has 195 valence electrons. The second-order valence-corrected chi connectivity index (χ2v) is 8.58. The minimum Gasteiger partial charge on any atom is -0.542 e. The summed E-state index contributed by atoms with van der Waals surface area (Å²) in [6.45, 7) is 4.41. The second kappa shape index (κ2) is 28.8. The van der Waals surface area contributed by atoms with Gasteiger partial charge in [0.25, 0.3) is 0 Å². The van der Waals surface area contributed by atoms with Gasteiger partial charge in [0.15, 0.2) is 11.6 Å². The summed E-state index contributed by atoms with van der Waals surface area (Å²) in [6.07, 6.45) is 21.1. The summed E-state index contributed by atoms with van der Waals surface area (Å²) in [5.74, 6) is -4.61. The van der Waals surface area contributed by atoms with Crippen LogP contribution in [-0.2, 0) is 36.0 Å². The predicted octanol–water partition coefficient (Wildman–Crippen LogP) is 4.45. The molecule has 0 unspecified atom stereocenters. The molecule has 0 aliphatic rings. The van der Waals surface area contributed by atoms with Gasteiger partial charge in [-0.15, -0.1) is 0 Å². The number of carboxylic acid groups (broad SMARTS) is 2. The van der Waals surface area contributed by atoms with Crippen molar-refractivity contribution in [1.82, 2.24) is 0 Å². The van der Waals surface area contributed by atoms with Crippen molar-refractivity contribution in [3.05, 3.63) is 0 Å². The van der Waals surface area contributed by atoms with Gasteiger partial charge in [-0.25, -0.2) is 0 Å². The van der Waals surface area contributed by atoms with Gasteiger partial charge in [-0.05, 0) is 12.8 Å². The van der Waals surface area contributed by atoms with Crippen molar-refractivity contribution in [1.29, 1.82) is 0 Å². The SMILES string of the molecule is CCCCCCCCCCCC(=O)C(=O)[O-].CCCCCCCCCCCC(=O)C(=O)[O-].[Co+2]. The first-order chi connectivity index (χ1) is 15.4. The standard InChI is InChI=1S/2C13H24O3.Co/c2*1-2-3-4-5-6-7-8-9-10-11-12(14)13(15)16;/h2*2-11H2,1H3,(H,15,16);/q;;+2/p-2. The van der Waals surface area contributed by atoms with E-state index in [1.807, 2.05) is 0 Å². The molecule has 6 nitrogen and oxygen atoms in total. The van der Waals surface area contributed by atoms with Crippen molar-refractivity contribution < 1.29 is 46.2 Å². The average molecular weight is 514 g/mol. The van der Waals surface area contributed by atoms with Crippen molar-refractivity contribution in [3.63, 3.8) is 0 Å². The number of carbonyl (C=O) groups is 4. The van der Waals surface area contributed by atoms with Crippen LogP contribution >= 0.6 is 0 Å². The van der Waals surface area contributed by atoms with E-state index in [0.29, 0.717) is 12.8 Å². The predicted molar refractivity (Wildman–Crippen MR) is 124 cm³/mol. The number of unbranched alkanes of at least 4 members (excludes halogenated alkanes) is 16. The zero-order chi connectivity index (χ0) is 24.5. The number of ketones is 2. The molecule has 1 radical (unpaired) electrons. The van der Waals surface area contributed by atoms with Crippen LogP contribution in [0, 0.1) is 0 Å². The Labute approximate surface area is 211 Å². The normalized spacial score (nSPS) is 10.0. The van der Waals surface area contributed by atoms with Crippen molar-refractivity contribution in [2.24, 2.45) is 0 Å². The van der Waals surface area contributed by atoms with Crippen molar-refractivity contribution >= 4 is 23.5 Å². The van der Waals surface area contributed by atoms with E-state index in [-0.39, 0.29) is 29.6 Å². The Balaban J connectivity index is -0.000000529. The van der Waals surface area contributed by atoms with Gasteiger partial charge in [-0.1, -0.05) is 117 Å². The maximum absolute atomic E-state index is 10.7. The molecule has 0 N–H and O–H groups in total. The molecule has 33 heavy (non-hydrogen) atoms. The third-order valence-electron chi connectivity index (χ3n) is 5.47. The number of carbonyl (C=O) groups excluding carboxylic acids is 4. The number of rotatable bonds is 22. The van der Waals surface area contributed by atoms with Crippen molar-refractivity contribution in [2.75, 3.05) is 0 Å². The fraction of sp³-hybridized carbons (Fsp3) is 0.846. The summed E-state index contributed by atoms with van der Waals surface area (Å²) in [4.78, 5) is 41.6. The van der Waals surface area contributed by atoms with Gasteiger partial charge in [-0.3, -0.25) is 9.59 Å². The topological polar surface area (TPSA) is 114 Å². The minimum absolute atomic E-state index is 0. The minimum atomic E-state index is -1.54. The summed E-state index contributed by atoms with van der Waals surface area (Å²) in [5, 5.41) is 20.2. The van der Waals surface area contributed by atoms with Crippen LogP contribution in [0.5, 0.6) is 0 Å². The van der Waals surface area contributed by atoms with E-state index >= 15 is 0 Å². The quantitative estimate of drug-likeness (QED) is 0.156. The molecule has 7 heteroatoms. The number of aliphatic carboxylic acids is 2. The fourth-order valence-corrected chi connectivity index (χ4v) is 3.40. The maximum atomic E-state index is 10.7. The summed E-state index contributed by atoms with van der Waals surface area (Å²) < 4.78 is 0. The van der Waals surface area contributed by atoms with Gasteiger partial charge in [0.05, 0.1) is 0 Å². The van der Waals surface area contributed by atoms with Crippen molar-refractivity contribution in [2.45, 2.75) is 142 Å². The Kier molecular flexibility index (Phi) is 31.8. The van der Waals surface area contributed by atoms with Gasteiger partial charge >= 0.3 is 16.8 Å². The number of Topliss-reactive ketones (excluding diaryl/α,β-unsaturated/α-hetero) is 2. The summed E-state index contributed by atoms with van der Waals surface area (Å²) in [7, 11) is 0. The molecular weight excluding hydrogens is 467 g/mol. The molecule has 0 aliphatic carbocycles. The van der Waals surface area contributed by atoms with Crippen LogP contribution in [0.4, 0.5) is 0 Å². The van der Waals surface area contributed by atoms with Crippen LogP contribution in [0.15, 0.2) is 0 Å². The molecule has 0 aromatic carbocycles. The van der Waals surface area contributed by atoms with Gasteiger partial charge in [-0.2, -0.15) is 0 Å². The molecule has 0 amide bonds. The van der Waals surface area contributed by atoms with Gasteiger partial charge in [0, 0.05) is 12.8 Å². The number of hydrogen-bond acceptors (Lipinski definition) is 6. The van der Waals surface area contributed by atoms with Crippen LogP contribution in [0.1, 0.15) is 142 Å². The summed E-state index contributed by atoms with van der Waals surface area (Å²) in [6, 6.07) is 0. The van der Waals surface area contributed by atoms with Crippen LogP contribution < -0.4 is 10.2 Å². The first kappa shape index (κ1) is 36.4. The summed E-state index contributed by atoms with van der Waals surface area (Å²) >= 11 is 0. The molecule has 0 rings (SSSR count). The van der Waals surface area contributed by atoms with Gasteiger partial charge < -0.3 is 19.8 Å². The molecule has 0 aromatic rings. The molecule has 0 heterocycles. The number of hydrogen-bond donors (Lipinski definition) is 0. The average Bonchev–Trinajstić information content (AvgIpc) is 2.76. The van der Waals surface area contributed by atoms with Crippen LogP contribution in [0.25, 0.3) is 0 Å². The molecule has 0 fully saturated rings. The largest absolute Gasteiger partial charge is 2.00 e. The maximum Gasteiger partial charge on any atom is 2.00 e. The Morgan fingerprint density at radius 2 is 0.636 bits per heavy atom. The van der Waals surface area contributed by atoms with Gasteiger partial charge in [0.2, 0.25) is 0 Å². The van der Waals surface area contributed by atoms with E-state index in [2.05, 4.69) is 13.8 Å². The third-order valence-corrected chi connectivity index (χ3v) is 5.47. The summed E-state index contributed by atoms with van der Waals surface area (Å²) in [5.41, 5.74) is 0. The molecule has 0 aromatic heterocycles. The second-order valence-electron chi connectivity index (χ2n) is 8.58. The van der Waals surface area contributed by atoms with Gasteiger partial charge in [0.1, 0.15) is 11.9 Å².